The van der Waals surface area contributed by atoms with E-state index in [0.29, 0.717) is 9.13 Å². The third-order valence-electron chi connectivity index (χ3n) is 11.9. The van der Waals surface area contributed by atoms with Gasteiger partial charge in [0.25, 0.3) is 11.1 Å². The van der Waals surface area contributed by atoms with Crippen molar-refractivity contribution in [3.8, 4) is 17.2 Å². The second-order valence-electron chi connectivity index (χ2n) is 21.4. The molecule has 37 heteroatoms. The average Bonchev–Trinajstić information content (AvgIpc) is 1.58. The second kappa shape index (κ2) is 38.2. The van der Waals surface area contributed by atoms with Crippen molar-refractivity contribution in [1.29, 1.82) is 0 Å². The molecule has 3 fully saturated rings. The standard InChI is InChI=1S/C22H29FN3O9P.C18H17F5NO5P.C10H13FN2O5.C4H8O.C4H9.ClH.Mg/c1-13(2)33-19(29)14(3)25-36(31,35-15-8-6-5-7-9-15)32-12-16-18(28)22(4,23)20(34-16)26-11-10-17(27)24-21(26)30;1-9(2)27-18(25)10(3)24-30(26,28-11-7-5-4-6-8-11)29-17-15(22)13(20)12(19)14(21)16(17)23;1-10(11)7(16)5(4-14)18-8(10)13-3-2-6(15)12-9(13)17;1-2-4-5-3-1;1-4(2)3;;/h5-11,13-14,16,18,20,28H,12H2,1-4H3,(H,25,31)(H,24,27,30);4-10H,1-3H3,(H,24,26);2-3,5,7-8,14,16H,4H2,1H3,(H,12,15,17);1-4H2;1-3H3;1H;/q;;;;-1;;+2/p-1/t14-,16+,18+,20+,22+,36-;10-,30-;5-,7-,8-,10-;;;;/m001..../s1/i12D2,16D;;4D2,5D;;;;. The molecule has 26 nitrogen and oxygen atoms in total. The first-order valence-electron chi connectivity index (χ1n) is 30.9. The zero-order valence-electron chi connectivity index (χ0n) is 58.8. The number of alkyl halides is 2. The molecular formula is C58H76ClF7MgN6O20P2. The number of ether oxygens (including phenoxy) is 5. The normalized spacial score (nSPS) is 25.7. The van der Waals surface area contributed by atoms with Gasteiger partial charge in [0.05, 0.1) is 33.6 Å². The number of nitrogens with one attached hydrogen (secondary N) is 4. The third-order valence-corrected chi connectivity index (χ3v) is 14.9. The van der Waals surface area contributed by atoms with Crippen molar-refractivity contribution in [3.05, 3.63) is 162 Å². The molecule has 7 N–H and O–H groups in total. The van der Waals surface area contributed by atoms with Crippen LogP contribution in [0.4, 0.5) is 30.7 Å². The summed E-state index contributed by atoms with van der Waals surface area (Å²) in [6.45, 7) is 11.4. The van der Waals surface area contributed by atoms with E-state index < -0.39 is 170 Å². The second-order valence-corrected chi connectivity index (χ2v) is 24.6. The number of para-hydroxylation sites is 2. The van der Waals surface area contributed by atoms with Crippen LogP contribution in [0.5, 0.6) is 17.2 Å². The number of aliphatic hydroxyl groups excluding tert-OH is 2. The fraction of sp³-hybridized carbons (Fsp3) is 0.500. The number of halogens is 8. The number of H-pyrrole nitrogens is 2. The number of aromatic nitrogens is 4. The van der Waals surface area contributed by atoms with Gasteiger partial charge in [-0.2, -0.15) is 39.7 Å². The molecule has 0 spiro atoms. The fourth-order valence-electron chi connectivity index (χ4n) is 7.46. The van der Waals surface area contributed by atoms with Crippen LogP contribution in [0.25, 0.3) is 0 Å². The Morgan fingerprint density at radius 1 is 0.663 bits per heavy atom. The first-order valence-corrected chi connectivity index (χ1v) is 31.0. The summed E-state index contributed by atoms with van der Waals surface area (Å²) in [5.41, 5.74) is -9.55. The molecule has 3 aliphatic heterocycles. The van der Waals surface area contributed by atoms with Gasteiger partial charge in [0.15, 0.2) is 23.8 Å². The minimum absolute atomic E-state index is 0. The van der Waals surface area contributed by atoms with Gasteiger partial charge < -0.3 is 70.9 Å². The minimum atomic E-state index is -4.96. The van der Waals surface area contributed by atoms with Crippen molar-refractivity contribution >= 4 is 50.5 Å². The number of nitrogens with zero attached hydrogens (tertiary/aromatic N) is 2. The van der Waals surface area contributed by atoms with E-state index in [2.05, 4.69) is 35.5 Å². The summed E-state index contributed by atoms with van der Waals surface area (Å²) in [5.74, 6) is -14.2. The number of aromatic amines is 2. The molecule has 5 heterocycles. The van der Waals surface area contributed by atoms with E-state index in [1.807, 2.05) is 9.97 Å². The van der Waals surface area contributed by atoms with Gasteiger partial charge in [0.1, 0.15) is 48.0 Å². The summed E-state index contributed by atoms with van der Waals surface area (Å²) >= 11 is 0. The molecule has 5 aromatic rings. The first kappa shape index (κ1) is 74.8. The number of hydrogen-bond donors (Lipinski definition) is 7. The van der Waals surface area contributed by atoms with Crippen LogP contribution >= 0.6 is 15.5 Å². The molecule has 0 aliphatic carbocycles. The van der Waals surface area contributed by atoms with Crippen LogP contribution in [-0.2, 0) is 46.9 Å². The quantitative estimate of drug-likeness (QED) is 0.0110. The Morgan fingerprint density at radius 3 is 1.37 bits per heavy atom. The van der Waals surface area contributed by atoms with E-state index in [4.69, 9.17) is 45.5 Å². The van der Waals surface area contributed by atoms with Gasteiger partial charge in [-0.3, -0.25) is 42.8 Å². The molecule has 526 valence electrons. The topological polar surface area (TPSA) is 346 Å². The Kier molecular flexibility index (Phi) is 30.1. The largest absolute Gasteiger partial charge is 2.00 e. The smallest absolute Gasteiger partial charge is 1.00 e. The van der Waals surface area contributed by atoms with Crippen molar-refractivity contribution in [2.45, 2.75) is 161 Å². The van der Waals surface area contributed by atoms with Crippen molar-refractivity contribution in [3.63, 3.8) is 0 Å². The Hall–Kier alpha value is -5.97. The molecule has 0 radical (unpaired) electrons. The summed E-state index contributed by atoms with van der Waals surface area (Å²) in [5, 5.41) is 34.1. The number of esters is 2. The van der Waals surface area contributed by atoms with Crippen LogP contribution in [0.3, 0.4) is 0 Å². The molecule has 12 atom stereocenters. The van der Waals surface area contributed by atoms with Crippen LogP contribution < -0.4 is 58.7 Å². The van der Waals surface area contributed by atoms with E-state index in [1.165, 1.54) is 95.0 Å². The summed E-state index contributed by atoms with van der Waals surface area (Å²) in [6.07, 6.45) is -12.2. The zero-order valence-corrected chi connectivity index (χ0v) is 56.8. The Bertz CT molecular complexity index is 3880. The van der Waals surface area contributed by atoms with E-state index in [9.17, 15) is 79.6 Å². The summed E-state index contributed by atoms with van der Waals surface area (Å²) in [6, 6.07) is 13.3. The maximum atomic E-state index is 15.7. The van der Waals surface area contributed by atoms with Gasteiger partial charge in [-0.1, -0.05) is 36.4 Å². The number of carbonyl (C=O) groups is 2. The van der Waals surface area contributed by atoms with Crippen molar-refractivity contribution in [2.75, 3.05) is 26.3 Å². The predicted octanol–water partition coefficient (Wildman–Crippen LogP) is 4.09. The number of rotatable bonds is 20. The summed E-state index contributed by atoms with van der Waals surface area (Å²) < 4.78 is 219. The number of aliphatic hydroxyl groups is 3. The Morgan fingerprint density at radius 2 is 1.02 bits per heavy atom. The van der Waals surface area contributed by atoms with Crippen LogP contribution in [0, 0.1) is 35.0 Å². The van der Waals surface area contributed by atoms with Gasteiger partial charge in [-0.15, -0.1) is 0 Å². The van der Waals surface area contributed by atoms with Crippen LogP contribution in [-0.4, -0.2) is 156 Å². The predicted molar refractivity (Wildman–Crippen MR) is 324 cm³/mol. The van der Waals surface area contributed by atoms with Crippen molar-refractivity contribution in [1.82, 2.24) is 29.3 Å². The molecule has 0 amide bonds. The molecule has 3 aromatic carbocycles. The van der Waals surface area contributed by atoms with E-state index in [0.717, 1.165) is 51.6 Å². The molecule has 95 heavy (non-hydrogen) atoms. The fourth-order valence-corrected chi connectivity index (χ4v) is 10.3. The van der Waals surface area contributed by atoms with E-state index in [1.54, 1.807) is 26.0 Å². The van der Waals surface area contributed by atoms with Crippen LogP contribution in [0.2, 0.25) is 0 Å². The average molecular weight is 1440 g/mol. The van der Waals surface area contributed by atoms with Gasteiger partial charge in [0, 0.05) is 37.7 Å². The van der Waals surface area contributed by atoms with Gasteiger partial charge in [-0.25, -0.2) is 40.7 Å². The minimum Gasteiger partial charge on any atom is -1.00 e. The first-order chi connectivity index (χ1) is 45.5. The number of carbonyl (C=O) groups excluding carboxylic acids is 2. The summed E-state index contributed by atoms with van der Waals surface area (Å²) in [4.78, 5) is 74.3. The van der Waals surface area contributed by atoms with Crippen LogP contribution in [0.15, 0.2) is 104 Å². The Labute approximate surface area is 571 Å². The van der Waals surface area contributed by atoms with E-state index in [-0.39, 0.29) is 47.0 Å². The number of hydrogen-bond acceptors (Lipinski definition) is 20. The maximum Gasteiger partial charge on any atom is 2.00 e. The van der Waals surface area contributed by atoms with Gasteiger partial charge in [-0.05, 0) is 92.5 Å². The molecule has 0 saturated carbocycles. The molecule has 3 aliphatic rings. The van der Waals surface area contributed by atoms with Gasteiger partial charge in [0.2, 0.25) is 34.8 Å². The molecule has 0 bridgehead atoms. The maximum absolute atomic E-state index is 15.7. The zero-order chi connectivity index (χ0) is 75.4. The number of benzene rings is 3. The third kappa shape index (κ3) is 24.8. The van der Waals surface area contributed by atoms with Crippen molar-refractivity contribution in [2.24, 2.45) is 0 Å². The van der Waals surface area contributed by atoms with Crippen LogP contribution in [0.1, 0.15) is 110 Å². The Balaban J connectivity index is 0.000000495. The molecule has 8 rings (SSSR count). The molecule has 2 aromatic heterocycles. The summed E-state index contributed by atoms with van der Waals surface area (Å²) in [7, 11) is -9.87. The molecular weight excluding hydrogens is 1360 g/mol. The molecule has 0 unspecified atom stereocenters. The van der Waals surface area contributed by atoms with Crippen molar-refractivity contribution < 1.29 is 127 Å². The molecule has 3 saturated heterocycles. The van der Waals surface area contributed by atoms with Gasteiger partial charge >= 0.3 is 61.9 Å². The van der Waals surface area contributed by atoms with E-state index >= 15 is 4.39 Å². The monoisotopic (exact) mass is 1440 g/mol. The SMILES string of the molecule is C1CCOC1.CC(C)OC(=O)[C@H](C)N[P@](=O)(Oc1ccccc1)Oc1c(F)c(F)c(F)c(F)c1F.C[C-](C)C.[2H]C([2H])(O)[C@@]1([2H])O[C@@H](n2ccc(=O)[nH]c2=O)[C@](C)(F)[C@@H]1O.[2H]C([2H])(O[P@@](=O)(N[C@@H](C)C(=O)OC(C)C)Oc1ccccc1)[C@@]1([2H])O[C@@H](n2ccc(=O)[nH]c2=O)[C@](C)(F)[C@@H]1O.[Cl-].[Mg+2].